The summed E-state index contributed by atoms with van der Waals surface area (Å²) in [6.07, 6.45) is 0. The summed E-state index contributed by atoms with van der Waals surface area (Å²) in [5.41, 5.74) is 0. The Morgan fingerprint density at radius 1 is 1.14 bits per heavy atom. The van der Waals surface area contributed by atoms with Crippen molar-refractivity contribution in [3.8, 4) is 0 Å². The standard InChI is InChI=1S/C2H4O.BF3/c1-2-3-1;2-1(3)4/h1-2H2;. The highest BCUT2D eigenvalue weighted by atomic mass is 19.4. The fourth-order valence-electron chi connectivity index (χ4n) is 0. The van der Waals surface area contributed by atoms with Crippen molar-refractivity contribution in [1.82, 2.24) is 0 Å². The molecule has 0 N–H and O–H groups in total. The van der Waals surface area contributed by atoms with Crippen molar-refractivity contribution >= 4 is 7.54 Å². The molecule has 0 aromatic carbocycles. The minimum Gasteiger partial charge on any atom is -0.377 e. The van der Waals surface area contributed by atoms with Gasteiger partial charge in [0.15, 0.2) is 0 Å². The Kier molecular flexibility index (Phi) is 3.88. The number of hydrogen-bond donors (Lipinski definition) is 0. The Hall–Kier alpha value is -0.185. The first-order valence-corrected chi connectivity index (χ1v) is 1.73. The molecule has 1 aliphatic heterocycles. The van der Waals surface area contributed by atoms with Crippen molar-refractivity contribution in [2.75, 3.05) is 13.2 Å². The minimum atomic E-state index is -3.67. The third-order valence-corrected chi connectivity index (χ3v) is 0.204. The van der Waals surface area contributed by atoms with Gasteiger partial charge in [-0.3, -0.25) is 12.9 Å². The van der Waals surface area contributed by atoms with Gasteiger partial charge in [-0.1, -0.05) is 0 Å². The highest BCUT2D eigenvalue weighted by Crippen LogP contribution is 1.84. The predicted molar refractivity (Wildman–Crippen MR) is 19.9 cm³/mol. The second-order valence-electron chi connectivity index (χ2n) is 0.860. The summed E-state index contributed by atoms with van der Waals surface area (Å²) in [6.45, 7) is 2.00. The van der Waals surface area contributed by atoms with E-state index < -0.39 is 7.54 Å². The molecule has 7 heavy (non-hydrogen) atoms. The number of halogens is 3. The van der Waals surface area contributed by atoms with Crippen LogP contribution in [-0.2, 0) is 4.74 Å². The quantitative estimate of drug-likeness (QED) is 0.335. The van der Waals surface area contributed by atoms with Gasteiger partial charge in [0.2, 0.25) is 0 Å². The molecule has 0 radical (unpaired) electrons. The minimum absolute atomic E-state index is 1.00. The molecular weight excluding hydrogens is 108 g/mol. The molecule has 1 rings (SSSR count). The summed E-state index contributed by atoms with van der Waals surface area (Å²) >= 11 is 0. The topological polar surface area (TPSA) is 12.5 Å². The van der Waals surface area contributed by atoms with Crippen molar-refractivity contribution < 1.29 is 17.7 Å². The van der Waals surface area contributed by atoms with E-state index in [0.29, 0.717) is 0 Å². The van der Waals surface area contributed by atoms with E-state index in [1.807, 2.05) is 0 Å². The molecule has 0 amide bonds. The van der Waals surface area contributed by atoms with Crippen LogP contribution in [-0.4, -0.2) is 20.8 Å². The first-order valence-electron chi connectivity index (χ1n) is 1.73. The molecule has 5 heteroatoms. The van der Waals surface area contributed by atoms with Crippen LogP contribution in [0, 0.1) is 0 Å². The van der Waals surface area contributed by atoms with E-state index in [-0.39, 0.29) is 0 Å². The average Bonchev–Trinajstić information content (AvgIpc) is 2.02. The number of hydrogen-bond acceptors (Lipinski definition) is 1. The SMILES string of the molecule is C1CO1.FB(F)F. The molecular formula is C2H4BF3O. The van der Waals surface area contributed by atoms with E-state index in [9.17, 15) is 12.9 Å². The largest absolute Gasteiger partial charge is 0.762 e. The molecule has 0 unspecified atom stereocenters. The molecule has 0 aliphatic carbocycles. The van der Waals surface area contributed by atoms with Crippen LogP contribution < -0.4 is 0 Å². The van der Waals surface area contributed by atoms with Gasteiger partial charge in [-0.15, -0.1) is 0 Å². The van der Waals surface area contributed by atoms with E-state index in [2.05, 4.69) is 4.74 Å². The number of epoxide rings is 1. The van der Waals surface area contributed by atoms with E-state index >= 15 is 0 Å². The summed E-state index contributed by atoms with van der Waals surface area (Å²) in [4.78, 5) is 0. The zero-order valence-electron chi connectivity index (χ0n) is 3.53. The van der Waals surface area contributed by atoms with Gasteiger partial charge in [-0.05, 0) is 0 Å². The van der Waals surface area contributed by atoms with Gasteiger partial charge in [0.1, 0.15) is 0 Å². The smallest absolute Gasteiger partial charge is 0.377 e. The zero-order chi connectivity index (χ0) is 5.70. The first-order chi connectivity index (χ1) is 3.23. The van der Waals surface area contributed by atoms with Gasteiger partial charge in [0.05, 0.1) is 13.2 Å². The Labute approximate surface area is 39.7 Å². The number of rotatable bonds is 0. The lowest BCUT2D eigenvalue weighted by molar-refractivity contribution is 0.475. The van der Waals surface area contributed by atoms with Crippen molar-refractivity contribution in [3.63, 3.8) is 0 Å². The molecule has 42 valence electrons. The maximum Gasteiger partial charge on any atom is 0.762 e. The molecule has 1 nitrogen and oxygen atoms in total. The molecule has 0 bridgehead atoms. The fraction of sp³-hybridized carbons (Fsp3) is 1.00. The van der Waals surface area contributed by atoms with Gasteiger partial charge < -0.3 is 4.74 Å². The highest BCUT2D eigenvalue weighted by molar-refractivity contribution is 6.33. The maximum absolute atomic E-state index is 9.67. The van der Waals surface area contributed by atoms with Crippen molar-refractivity contribution in [2.45, 2.75) is 0 Å². The lowest BCUT2D eigenvalue weighted by Crippen LogP contribution is -1.76. The fourth-order valence-corrected chi connectivity index (χ4v) is 0. The van der Waals surface area contributed by atoms with Gasteiger partial charge in [0, 0.05) is 0 Å². The third kappa shape index (κ3) is 127. The summed E-state index contributed by atoms with van der Waals surface area (Å²) in [5.74, 6) is 0. The van der Waals surface area contributed by atoms with Crippen LogP contribution >= 0.6 is 0 Å². The second-order valence-corrected chi connectivity index (χ2v) is 0.860. The molecule has 0 aromatic rings. The van der Waals surface area contributed by atoms with E-state index in [1.54, 1.807) is 0 Å². The summed E-state index contributed by atoms with van der Waals surface area (Å²) < 4.78 is 33.5. The molecule has 0 aromatic heterocycles. The van der Waals surface area contributed by atoms with Crippen LogP contribution in [0.3, 0.4) is 0 Å². The normalized spacial score (nSPS) is 14.1. The van der Waals surface area contributed by atoms with Crippen molar-refractivity contribution in [2.24, 2.45) is 0 Å². The Morgan fingerprint density at radius 3 is 1.29 bits per heavy atom. The Morgan fingerprint density at radius 2 is 1.29 bits per heavy atom. The molecule has 1 fully saturated rings. The van der Waals surface area contributed by atoms with Crippen LogP contribution in [0.25, 0.3) is 0 Å². The van der Waals surface area contributed by atoms with Gasteiger partial charge in [0.25, 0.3) is 0 Å². The van der Waals surface area contributed by atoms with Gasteiger partial charge in [-0.25, -0.2) is 0 Å². The summed E-state index contributed by atoms with van der Waals surface area (Å²) in [6, 6.07) is 0. The van der Waals surface area contributed by atoms with Crippen LogP contribution in [0.5, 0.6) is 0 Å². The average molecular weight is 112 g/mol. The van der Waals surface area contributed by atoms with Gasteiger partial charge in [-0.2, -0.15) is 0 Å². The molecule has 1 aliphatic rings. The first kappa shape index (κ1) is 6.81. The highest BCUT2D eigenvalue weighted by Gasteiger charge is 2.06. The van der Waals surface area contributed by atoms with Gasteiger partial charge >= 0.3 is 7.54 Å². The number of ether oxygens (including phenoxy) is 1. The maximum atomic E-state index is 9.67. The predicted octanol–water partition coefficient (Wildman–Crippen LogP) is 0.896. The van der Waals surface area contributed by atoms with Crippen molar-refractivity contribution in [1.29, 1.82) is 0 Å². The lowest BCUT2D eigenvalue weighted by Gasteiger charge is -1.55. The zero-order valence-corrected chi connectivity index (χ0v) is 3.53. The van der Waals surface area contributed by atoms with Crippen molar-refractivity contribution in [3.05, 3.63) is 0 Å². The second kappa shape index (κ2) is 3.99. The van der Waals surface area contributed by atoms with Crippen LogP contribution in [0.15, 0.2) is 0 Å². The lowest BCUT2D eigenvalue weighted by atomic mass is 10.5. The van der Waals surface area contributed by atoms with E-state index in [0.717, 1.165) is 13.2 Å². The molecule has 1 saturated heterocycles. The molecule has 0 spiro atoms. The van der Waals surface area contributed by atoms with Crippen LogP contribution in [0.1, 0.15) is 0 Å². The Bertz CT molecular complexity index is 34.4. The summed E-state index contributed by atoms with van der Waals surface area (Å²) in [7, 11) is -3.67. The third-order valence-electron chi connectivity index (χ3n) is 0.204. The monoisotopic (exact) mass is 112 g/mol. The van der Waals surface area contributed by atoms with E-state index in [1.165, 1.54) is 0 Å². The molecule has 1 heterocycles. The van der Waals surface area contributed by atoms with Crippen LogP contribution in [0.4, 0.5) is 12.9 Å². The van der Waals surface area contributed by atoms with E-state index in [4.69, 9.17) is 0 Å². The summed E-state index contributed by atoms with van der Waals surface area (Å²) in [5, 5.41) is 0. The molecule has 0 saturated carbocycles. The van der Waals surface area contributed by atoms with Crippen LogP contribution in [0.2, 0.25) is 0 Å². The molecule has 0 atom stereocenters. The Balaban J connectivity index is 0.000000105.